The summed E-state index contributed by atoms with van der Waals surface area (Å²) in [6.07, 6.45) is 0.135. The van der Waals surface area contributed by atoms with Crippen LogP contribution in [-0.2, 0) is 19.1 Å². The van der Waals surface area contributed by atoms with E-state index in [-0.39, 0.29) is 17.6 Å². The number of rotatable bonds is 7. The van der Waals surface area contributed by atoms with Gasteiger partial charge in [0.2, 0.25) is 0 Å². The van der Waals surface area contributed by atoms with Gasteiger partial charge in [0.1, 0.15) is 6.10 Å². The molecule has 18 heavy (non-hydrogen) atoms. The van der Waals surface area contributed by atoms with E-state index in [1.165, 1.54) is 6.92 Å². The predicted octanol–water partition coefficient (Wildman–Crippen LogP) is 1.37. The summed E-state index contributed by atoms with van der Waals surface area (Å²) >= 11 is 0. The summed E-state index contributed by atoms with van der Waals surface area (Å²) in [6.45, 7) is 6.58. The third-order valence-electron chi connectivity index (χ3n) is 2.10. The summed E-state index contributed by atoms with van der Waals surface area (Å²) < 4.78 is 4.99. The fourth-order valence-electron chi connectivity index (χ4n) is 1.12. The smallest absolute Gasteiger partial charge is 0.333 e. The lowest BCUT2D eigenvalue weighted by Gasteiger charge is -2.16. The van der Waals surface area contributed by atoms with Crippen molar-refractivity contribution in [1.82, 2.24) is 0 Å². The molecule has 0 bridgehead atoms. The largest absolute Gasteiger partial charge is 0.478 e. The molecule has 0 rings (SSSR count). The first-order valence-electron chi connectivity index (χ1n) is 5.31. The fraction of sp³-hybridized carbons (Fsp3) is 0.417. The number of carboxylic acids is 2. The Morgan fingerprint density at radius 3 is 2.22 bits per heavy atom. The molecule has 0 aliphatic rings. The lowest BCUT2D eigenvalue weighted by Crippen LogP contribution is -2.20. The maximum atomic E-state index is 11.3. The lowest BCUT2D eigenvalue weighted by molar-refractivity contribution is -0.145. The second kappa shape index (κ2) is 7.26. The Bertz CT molecular complexity index is 393. The van der Waals surface area contributed by atoms with E-state index in [1.54, 1.807) is 6.92 Å². The zero-order chi connectivity index (χ0) is 14.3. The molecule has 0 saturated carbocycles. The van der Waals surface area contributed by atoms with Crippen LogP contribution in [0, 0.1) is 0 Å². The van der Waals surface area contributed by atoms with Gasteiger partial charge in [-0.1, -0.05) is 13.5 Å². The van der Waals surface area contributed by atoms with Gasteiger partial charge in [0.05, 0.1) is 0 Å². The normalized spacial score (nSPS) is 12.7. The molecule has 0 aliphatic heterocycles. The van der Waals surface area contributed by atoms with Crippen LogP contribution < -0.4 is 0 Å². The Morgan fingerprint density at radius 2 is 1.89 bits per heavy atom. The second-order valence-electron chi connectivity index (χ2n) is 3.73. The third-order valence-corrected chi connectivity index (χ3v) is 2.10. The summed E-state index contributed by atoms with van der Waals surface area (Å²) in [5.41, 5.74) is -0.114. The number of carbonyl (C=O) groups is 3. The van der Waals surface area contributed by atoms with Crippen molar-refractivity contribution < 1.29 is 29.3 Å². The average molecular weight is 256 g/mol. The molecule has 0 aliphatic carbocycles. The SMILES string of the molecule is C=C(C)C(=O)OC(CC)CC(=CC(=O)O)C(=O)O. The highest BCUT2D eigenvalue weighted by Gasteiger charge is 2.19. The van der Waals surface area contributed by atoms with Crippen LogP contribution in [0.3, 0.4) is 0 Å². The lowest BCUT2D eigenvalue weighted by atomic mass is 10.1. The van der Waals surface area contributed by atoms with Gasteiger partial charge in [0.15, 0.2) is 0 Å². The van der Waals surface area contributed by atoms with Crippen LogP contribution in [0.1, 0.15) is 26.7 Å². The first-order chi connectivity index (χ1) is 8.27. The van der Waals surface area contributed by atoms with Crippen LogP contribution in [-0.4, -0.2) is 34.2 Å². The van der Waals surface area contributed by atoms with Crippen molar-refractivity contribution in [3.8, 4) is 0 Å². The van der Waals surface area contributed by atoms with E-state index < -0.39 is 24.0 Å². The minimum absolute atomic E-state index is 0.156. The molecule has 6 nitrogen and oxygen atoms in total. The van der Waals surface area contributed by atoms with Crippen LogP contribution in [0.15, 0.2) is 23.8 Å². The molecule has 1 atom stereocenters. The Labute approximate surface area is 105 Å². The first-order valence-corrected chi connectivity index (χ1v) is 5.31. The monoisotopic (exact) mass is 256 g/mol. The molecule has 2 N–H and O–H groups in total. The molecule has 6 heteroatoms. The number of carboxylic acid groups (broad SMARTS) is 2. The van der Waals surface area contributed by atoms with Crippen molar-refractivity contribution in [1.29, 1.82) is 0 Å². The van der Waals surface area contributed by atoms with Crippen molar-refractivity contribution in [2.45, 2.75) is 32.8 Å². The van der Waals surface area contributed by atoms with Crippen LogP contribution in [0.2, 0.25) is 0 Å². The highest BCUT2D eigenvalue weighted by molar-refractivity contribution is 5.94. The summed E-state index contributed by atoms with van der Waals surface area (Å²) in [7, 11) is 0. The van der Waals surface area contributed by atoms with Gasteiger partial charge in [-0.05, 0) is 13.3 Å². The van der Waals surface area contributed by atoms with E-state index in [4.69, 9.17) is 14.9 Å². The molecule has 0 saturated heterocycles. The molecule has 1 unspecified atom stereocenters. The maximum absolute atomic E-state index is 11.3. The Morgan fingerprint density at radius 1 is 1.33 bits per heavy atom. The number of esters is 1. The molecule has 0 aromatic heterocycles. The van der Waals surface area contributed by atoms with E-state index >= 15 is 0 Å². The molecular formula is C12H16O6. The Kier molecular flexibility index (Phi) is 6.41. The van der Waals surface area contributed by atoms with Crippen LogP contribution in [0.25, 0.3) is 0 Å². The van der Waals surface area contributed by atoms with Crippen molar-refractivity contribution >= 4 is 17.9 Å². The van der Waals surface area contributed by atoms with Crippen LogP contribution in [0.4, 0.5) is 0 Å². The van der Waals surface area contributed by atoms with Gasteiger partial charge in [0.25, 0.3) is 0 Å². The standard InChI is InChI=1S/C12H16O6/c1-4-9(18-12(17)7(2)3)5-8(11(15)16)6-10(13)14/h6,9H,2,4-5H2,1,3H3,(H,13,14)(H,15,16). The third kappa shape index (κ3) is 5.83. The van der Waals surface area contributed by atoms with Gasteiger partial charge < -0.3 is 14.9 Å². The molecule has 0 spiro atoms. The molecule has 0 aromatic rings. The van der Waals surface area contributed by atoms with E-state index in [0.717, 1.165) is 0 Å². The molecule has 0 radical (unpaired) electrons. The summed E-state index contributed by atoms with van der Waals surface area (Å²) in [5, 5.41) is 17.3. The van der Waals surface area contributed by atoms with Crippen molar-refractivity contribution in [2.24, 2.45) is 0 Å². The van der Waals surface area contributed by atoms with E-state index in [1.807, 2.05) is 0 Å². The maximum Gasteiger partial charge on any atom is 0.333 e. The molecule has 100 valence electrons. The number of aliphatic carboxylic acids is 2. The number of hydrogen-bond acceptors (Lipinski definition) is 4. The number of ether oxygens (including phenoxy) is 1. The zero-order valence-corrected chi connectivity index (χ0v) is 10.3. The van der Waals surface area contributed by atoms with Crippen LogP contribution in [0.5, 0.6) is 0 Å². The van der Waals surface area contributed by atoms with Gasteiger partial charge >= 0.3 is 17.9 Å². The summed E-state index contributed by atoms with van der Waals surface area (Å²) in [4.78, 5) is 32.5. The first kappa shape index (κ1) is 15.9. The molecule has 0 fully saturated rings. The Hall–Kier alpha value is -2.11. The number of carbonyl (C=O) groups excluding carboxylic acids is 1. The van der Waals surface area contributed by atoms with Crippen molar-refractivity contribution in [3.63, 3.8) is 0 Å². The highest BCUT2D eigenvalue weighted by atomic mass is 16.5. The summed E-state index contributed by atoms with van der Waals surface area (Å²) in [6, 6.07) is 0. The average Bonchev–Trinajstić information content (AvgIpc) is 2.25. The van der Waals surface area contributed by atoms with Gasteiger partial charge in [0, 0.05) is 23.6 Å². The fourth-order valence-corrected chi connectivity index (χ4v) is 1.12. The Balaban J connectivity index is 4.78. The summed E-state index contributed by atoms with van der Waals surface area (Å²) in [5.74, 6) is -3.32. The van der Waals surface area contributed by atoms with Gasteiger partial charge in [-0.25, -0.2) is 14.4 Å². The van der Waals surface area contributed by atoms with Gasteiger partial charge in [-0.2, -0.15) is 0 Å². The highest BCUT2D eigenvalue weighted by Crippen LogP contribution is 2.14. The van der Waals surface area contributed by atoms with Gasteiger partial charge in [-0.15, -0.1) is 0 Å². The van der Waals surface area contributed by atoms with E-state index in [2.05, 4.69) is 6.58 Å². The predicted molar refractivity (Wildman–Crippen MR) is 63.0 cm³/mol. The zero-order valence-electron chi connectivity index (χ0n) is 10.3. The van der Waals surface area contributed by atoms with E-state index in [0.29, 0.717) is 12.5 Å². The topological polar surface area (TPSA) is 101 Å². The second-order valence-corrected chi connectivity index (χ2v) is 3.73. The minimum Gasteiger partial charge on any atom is -0.478 e. The van der Waals surface area contributed by atoms with Crippen molar-refractivity contribution in [2.75, 3.05) is 0 Å². The quantitative estimate of drug-likeness (QED) is 0.527. The molecule has 0 aromatic carbocycles. The van der Waals surface area contributed by atoms with Crippen molar-refractivity contribution in [3.05, 3.63) is 23.8 Å². The van der Waals surface area contributed by atoms with Gasteiger partial charge in [-0.3, -0.25) is 0 Å². The number of hydrogen-bond donors (Lipinski definition) is 2. The molecule has 0 amide bonds. The van der Waals surface area contributed by atoms with E-state index in [9.17, 15) is 14.4 Å². The minimum atomic E-state index is -1.35. The molecular weight excluding hydrogens is 240 g/mol. The van der Waals surface area contributed by atoms with Crippen LogP contribution >= 0.6 is 0 Å². The molecule has 0 heterocycles.